The fourth-order valence-corrected chi connectivity index (χ4v) is 3.23. The van der Waals surface area contributed by atoms with E-state index in [-0.39, 0.29) is 0 Å². The molecule has 0 radical (unpaired) electrons. The number of hydrogen-bond donors (Lipinski definition) is 0. The van der Waals surface area contributed by atoms with Gasteiger partial charge in [0.05, 0.1) is 17.9 Å². The molecule has 1 aromatic heterocycles. The largest absolute Gasteiger partial charge is 0.300 e. The van der Waals surface area contributed by atoms with E-state index in [1.54, 1.807) is 29.5 Å². The second kappa shape index (κ2) is 5.60. The molecule has 6 heteroatoms. The van der Waals surface area contributed by atoms with Gasteiger partial charge in [0.2, 0.25) is 0 Å². The number of benzene rings is 1. The summed E-state index contributed by atoms with van der Waals surface area (Å²) in [6.45, 7) is 1.10. The number of rotatable bonds is 4. The van der Waals surface area contributed by atoms with Gasteiger partial charge >= 0.3 is 5.91 Å². The van der Waals surface area contributed by atoms with Crippen LogP contribution < -0.4 is 4.90 Å². The summed E-state index contributed by atoms with van der Waals surface area (Å²) in [7, 11) is 1.92. The number of hydrogen-bond acceptors (Lipinski definition) is 4. The van der Waals surface area contributed by atoms with E-state index < -0.39 is 11.7 Å². The molecule has 108 valence electrons. The van der Waals surface area contributed by atoms with E-state index in [4.69, 9.17) is 11.6 Å². The van der Waals surface area contributed by atoms with Gasteiger partial charge in [-0.25, -0.2) is 0 Å². The van der Waals surface area contributed by atoms with Gasteiger partial charge in [0.1, 0.15) is 0 Å². The lowest BCUT2D eigenvalue weighted by molar-refractivity contribution is -0.114. The standard InChI is InChI=1S/C15H13ClN2O2S/c1-17(7-10-4-5-21-8-10)9-18-13-3-2-11(16)6-12(13)14(19)15(18)20/h2-6,8H,7,9H2,1H3. The van der Waals surface area contributed by atoms with Crippen molar-refractivity contribution in [1.82, 2.24) is 4.90 Å². The molecule has 2 heterocycles. The van der Waals surface area contributed by atoms with Crippen LogP contribution in [0.3, 0.4) is 0 Å². The van der Waals surface area contributed by atoms with Crippen LogP contribution in [-0.4, -0.2) is 30.3 Å². The zero-order chi connectivity index (χ0) is 15.0. The number of carbonyl (C=O) groups excluding carboxylic acids is 2. The quantitative estimate of drug-likeness (QED) is 0.813. The first-order valence-corrected chi connectivity index (χ1v) is 7.73. The molecule has 1 aliphatic heterocycles. The number of halogens is 1. The lowest BCUT2D eigenvalue weighted by Crippen LogP contribution is -2.38. The summed E-state index contributed by atoms with van der Waals surface area (Å²) in [5, 5.41) is 4.55. The highest BCUT2D eigenvalue weighted by Gasteiger charge is 2.36. The third-order valence-corrected chi connectivity index (χ3v) is 4.32. The smallest absolute Gasteiger partial charge is 0.291 e. The van der Waals surface area contributed by atoms with Crippen LogP contribution in [0.1, 0.15) is 15.9 Å². The van der Waals surface area contributed by atoms with Gasteiger partial charge in [-0.05, 0) is 47.6 Å². The fourth-order valence-electron chi connectivity index (χ4n) is 2.40. The number of anilines is 1. The Morgan fingerprint density at radius 1 is 1.29 bits per heavy atom. The van der Waals surface area contributed by atoms with Gasteiger partial charge in [0.25, 0.3) is 5.78 Å². The first kappa shape index (κ1) is 14.3. The molecule has 0 atom stereocenters. The van der Waals surface area contributed by atoms with Gasteiger partial charge in [0.15, 0.2) is 0 Å². The van der Waals surface area contributed by atoms with Gasteiger partial charge in [-0.15, -0.1) is 0 Å². The number of Topliss-reactive ketones (excluding diaryl/α,β-unsaturated/α-hetero) is 1. The zero-order valence-corrected chi connectivity index (χ0v) is 12.9. The molecule has 1 amide bonds. The molecule has 0 N–H and O–H groups in total. The second-order valence-electron chi connectivity index (χ2n) is 5.01. The van der Waals surface area contributed by atoms with E-state index in [1.165, 1.54) is 10.5 Å². The van der Waals surface area contributed by atoms with Crippen molar-refractivity contribution in [3.8, 4) is 0 Å². The highest BCUT2D eigenvalue weighted by Crippen LogP contribution is 2.31. The number of carbonyl (C=O) groups is 2. The molecule has 4 nitrogen and oxygen atoms in total. The van der Waals surface area contributed by atoms with Crippen LogP contribution in [0.15, 0.2) is 35.0 Å². The maximum atomic E-state index is 12.1. The molecule has 2 aromatic rings. The molecule has 21 heavy (non-hydrogen) atoms. The van der Waals surface area contributed by atoms with Crippen molar-refractivity contribution >= 4 is 40.3 Å². The van der Waals surface area contributed by atoms with Crippen molar-refractivity contribution in [2.75, 3.05) is 18.6 Å². The highest BCUT2D eigenvalue weighted by atomic mass is 35.5. The maximum Gasteiger partial charge on any atom is 0.300 e. The summed E-state index contributed by atoms with van der Waals surface area (Å²) < 4.78 is 0. The number of ketones is 1. The molecule has 0 saturated carbocycles. The highest BCUT2D eigenvalue weighted by molar-refractivity contribution is 7.07. The van der Waals surface area contributed by atoms with Crippen molar-refractivity contribution in [2.24, 2.45) is 0 Å². The lowest BCUT2D eigenvalue weighted by atomic mass is 10.1. The summed E-state index contributed by atoms with van der Waals surface area (Å²) in [4.78, 5) is 27.6. The first-order valence-electron chi connectivity index (χ1n) is 6.41. The molecule has 0 spiro atoms. The predicted molar refractivity (Wildman–Crippen MR) is 83.9 cm³/mol. The van der Waals surface area contributed by atoms with Gasteiger partial charge in [-0.3, -0.25) is 19.4 Å². The minimum Gasteiger partial charge on any atom is -0.291 e. The average Bonchev–Trinajstić information content (AvgIpc) is 3.02. The number of nitrogens with zero attached hydrogens (tertiary/aromatic N) is 2. The van der Waals surface area contributed by atoms with Gasteiger partial charge in [-0.2, -0.15) is 11.3 Å². The Balaban J connectivity index is 1.80. The van der Waals surface area contributed by atoms with Gasteiger partial charge in [0, 0.05) is 11.6 Å². The summed E-state index contributed by atoms with van der Waals surface area (Å²) in [5.41, 5.74) is 2.21. The molecule has 0 aliphatic carbocycles. The second-order valence-corrected chi connectivity index (χ2v) is 6.23. The third-order valence-electron chi connectivity index (χ3n) is 3.35. The zero-order valence-electron chi connectivity index (χ0n) is 11.4. The predicted octanol–water partition coefficient (Wildman–Crippen LogP) is 3.02. The molecule has 1 aromatic carbocycles. The maximum absolute atomic E-state index is 12.1. The average molecular weight is 321 g/mol. The van der Waals surface area contributed by atoms with Crippen molar-refractivity contribution in [3.05, 3.63) is 51.2 Å². The van der Waals surface area contributed by atoms with E-state index >= 15 is 0 Å². The van der Waals surface area contributed by atoms with Crippen molar-refractivity contribution in [3.63, 3.8) is 0 Å². The first-order chi connectivity index (χ1) is 10.1. The van der Waals surface area contributed by atoms with E-state index in [0.717, 1.165) is 6.54 Å². The SMILES string of the molecule is CN(Cc1ccsc1)CN1C(=O)C(=O)c2cc(Cl)ccc21. The van der Waals surface area contributed by atoms with Crippen molar-refractivity contribution in [2.45, 2.75) is 6.54 Å². The molecular weight excluding hydrogens is 308 g/mol. The summed E-state index contributed by atoms with van der Waals surface area (Å²) >= 11 is 7.53. The normalized spacial score (nSPS) is 14.1. The van der Waals surface area contributed by atoms with Crippen LogP contribution in [0.5, 0.6) is 0 Å². The lowest BCUT2D eigenvalue weighted by Gasteiger charge is -2.24. The molecular formula is C15H13ClN2O2S. The van der Waals surface area contributed by atoms with Crippen LogP contribution in [0.2, 0.25) is 5.02 Å². The summed E-state index contributed by atoms with van der Waals surface area (Å²) in [5.74, 6) is -0.985. The molecule has 0 bridgehead atoms. The van der Waals surface area contributed by atoms with Gasteiger partial charge < -0.3 is 0 Å². The van der Waals surface area contributed by atoms with Crippen LogP contribution in [0, 0.1) is 0 Å². The number of amides is 1. The molecule has 0 fully saturated rings. The van der Waals surface area contributed by atoms with Crippen LogP contribution in [0.25, 0.3) is 0 Å². The van der Waals surface area contributed by atoms with Crippen LogP contribution >= 0.6 is 22.9 Å². The Morgan fingerprint density at radius 3 is 2.81 bits per heavy atom. The van der Waals surface area contributed by atoms with Crippen molar-refractivity contribution in [1.29, 1.82) is 0 Å². The third kappa shape index (κ3) is 2.72. The van der Waals surface area contributed by atoms with E-state index in [1.807, 2.05) is 23.4 Å². The Labute approximate surface area is 131 Å². The van der Waals surface area contributed by atoms with Crippen LogP contribution in [-0.2, 0) is 11.3 Å². The summed E-state index contributed by atoms with van der Waals surface area (Å²) in [6, 6.07) is 7.01. The van der Waals surface area contributed by atoms with E-state index in [9.17, 15) is 9.59 Å². The minimum atomic E-state index is -0.496. The molecule has 0 saturated heterocycles. The Hall–Kier alpha value is -1.69. The van der Waals surface area contributed by atoms with Crippen molar-refractivity contribution < 1.29 is 9.59 Å². The number of fused-ring (bicyclic) bond motifs is 1. The van der Waals surface area contributed by atoms with E-state index in [0.29, 0.717) is 22.9 Å². The van der Waals surface area contributed by atoms with Crippen LogP contribution in [0.4, 0.5) is 5.69 Å². The monoisotopic (exact) mass is 320 g/mol. The number of thiophene rings is 1. The molecule has 0 unspecified atom stereocenters. The fraction of sp³-hybridized carbons (Fsp3) is 0.200. The Kier molecular flexibility index (Phi) is 3.80. The molecule has 1 aliphatic rings. The minimum absolute atomic E-state index is 0.370. The summed E-state index contributed by atoms with van der Waals surface area (Å²) in [6.07, 6.45) is 0. The molecule has 3 rings (SSSR count). The Morgan fingerprint density at radius 2 is 2.10 bits per heavy atom. The topological polar surface area (TPSA) is 40.6 Å². The Bertz CT molecular complexity index is 700. The van der Waals surface area contributed by atoms with Gasteiger partial charge in [-0.1, -0.05) is 11.6 Å². The van der Waals surface area contributed by atoms with E-state index in [2.05, 4.69) is 5.38 Å².